The molecule has 8 aromatic carbocycles. The van der Waals surface area contributed by atoms with Gasteiger partial charge in [-0.25, -0.2) is 0 Å². The fraction of sp³-hybridized carbons (Fsp3) is 0.0526. The molecule has 0 unspecified atom stereocenters. The molecule has 1 aliphatic carbocycles. The summed E-state index contributed by atoms with van der Waals surface area (Å²) in [6, 6.07) is 72.8. The van der Waals surface area contributed by atoms with Gasteiger partial charge in [0.15, 0.2) is 0 Å². The fourth-order valence-corrected chi connectivity index (χ4v) is 10.1. The first-order valence-corrected chi connectivity index (χ1v) is 20.6. The Morgan fingerprint density at radius 1 is 0.377 bits per heavy atom. The molecule has 4 heteroatoms. The van der Waals surface area contributed by atoms with Gasteiger partial charge in [-0.3, -0.25) is 0 Å². The van der Waals surface area contributed by atoms with E-state index in [-0.39, 0.29) is 0 Å². The molecule has 2 aromatic heterocycles. The van der Waals surface area contributed by atoms with E-state index in [0.717, 1.165) is 56.0 Å². The molecule has 0 radical (unpaired) electrons. The van der Waals surface area contributed by atoms with Gasteiger partial charge in [-0.05, 0) is 105 Å². The Morgan fingerprint density at radius 2 is 0.705 bits per heavy atom. The summed E-state index contributed by atoms with van der Waals surface area (Å²) in [5.41, 5.74) is 19.2. The minimum Gasteiger partial charge on any atom is -0.309 e. The zero-order valence-corrected chi connectivity index (χ0v) is 33.8. The maximum atomic E-state index is 9.77. The Kier molecular flexibility index (Phi) is 8.24. The first kappa shape index (κ1) is 35.9. The van der Waals surface area contributed by atoms with E-state index in [1.807, 2.05) is 24.3 Å². The summed E-state index contributed by atoms with van der Waals surface area (Å²) in [5.74, 6) is 0. The lowest BCUT2D eigenvalue weighted by Crippen LogP contribution is -2.16. The molecule has 0 saturated heterocycles. The second-order valence-corrected chi connectivity index (χ2v) is 16.3. The van der Waals surface area contributed by atoms with Crippen molar-refractivity contribution in [1.29, 1.82) is 10.5 Å². The number of nitriles is 2. The summed E-state index contributed by atoms with van der Waals surface area (Å²) in [6.07, 6.45) is 0. The third-order valence-electron chi connectivity index (χ3n) is 12.5. The fourth-order valence-electron chi connectivity index (χ4n) is 10.1. The van der Waals surface area contributed by atoms with Crippen molar-refractivity contribution < 1.29 is 0 Å². The van der Waals surface area contributed by atoms with Crippen LogP contribution in [0.1, 0.15) is 36.1 Å². The van der Waals surface area contributed by atoms with Crippen LogP contribution in [0.3, 0.4) is 0 Å². The monoisotopic (exact) mass is 778 g/mol. The zero-order chi connectivity index (χ0) is 41.2. The van der Waals surface area contributed by atoms with E-state index in [2.05, 4.69) is 205 Å². The molecule has 0 atom stereocenters. The van der Waals surface area contributed by atoms with Crippen molar-refractivity contribution in [2.24, 2.45) is 0 Å². The molecule has 1 aliphatic rings. The van der Waals surface area contributed by atoms with E-state index < -0.39 is 5.41 Å². The van der Waals surface area contributed by atoms with Crippen LogP contribution in [0.5, 0.6) is 0 Å². The minimum absolute atomic E-state index is 0.466. The van der Waals surface area contributed by atoms with E-state index in [4.69, 9.17) is 0 Å². The first-order valence-electron chi connectivity index (χ1n) is 20.6. The number of fused-ring (bicyclic) bond motifs is 7. The molecule has 0 amide bonds. The molecule has 10 aromatic rings. The van der Waals surface area contributed by atoms with Gasteiger partial charge in [0.2, 0.25) is 0 Å². The number of aromatic nitrogens is 2. The molecular weight excluding hydrogens is 741 g/mol. The van der Waals surface area contributed by atoms with E-state index >= 15 is 0 Å². The topological polar surface area (TPSA) is 57.4 Å². The Balaban J connectivity index is 1.30. The Labute approximate surface area is 355 Å². The first-order chi connectivity index (χ1) is 30.0. The standard InChI is InChI=1S/C57H38N4/c1-57(2)53-45(31-33-47-51(53)49(39-15-7-3-8-16-39)55(41-19-11-5-12-20-41)60(47)43-27-23-37(35-58)24-28-43)46-32-34-48-52(54(46)57)50(40-17-9-4-10-18-40)56(42-21-13-6-14-22-42)61(48)44-29-25-38(36-59)26-30-44/h3-34H,1-2H3. The third-order valence-corrected chi connectivity index (χ3v) is 12.5. The van der Waals surface area contributed by atoms with Crippen LogP contribution in [0.4, 0.5) is 0 Å². The quantitative estimate of drug-likeness (QED) is 0.169. The minimum atomic E-state index is -0.466. The average molecular weight is 779 g/mol. The van der Waals surface area contributed by atoms with Crippen molar-refractivity contribution in [3.05, 3.63) is 216 Å². The molecular formula is C57H38N4. The third kappa shape index (κ3) is 5.44. The molecule has 11 rings (SSSR count). The molecule has 0 bridgehead atoms. The Morgan fingerprint density at radius 3 is 1.03 bits per heavy atom. The van der Waals surface area contributed by atoms with Crippen molar-refractivity contribution in [1.82, 2.24) is 9.13 Å². The number of nitrogens with zero attached hydrogens (tertiary/aromatic N) is 4. The maximum Gasteiger partial charge on any atom is 0.0991 e. The van der Waals surface area contributed by atoms with Gasteiger partial charge in [0.25, 0.3) is 0 Å². The predicted molar refractivity (Wildman–Crippen MR) is 249 cm³/mol. The highest BCUT2D eigenvalue weighted by Gasteiger charge is 2.42. The smallest absolute Gasteiger partial charge is 0.0991 e. The molecule has 0 fully saturated rings. The molecule has 4 nitrogen and oxygen atoms in total. The highest BCUT2D eigenvalue weighted by Crippen LogP contribution is 2.59. The second-order valence-electron chi connectivity index (χ2n) is 16.3. The van der Waals surface area contributed by atoms with Crippen LogP contribution in [0.2, 0.25) is 0 Å². The van der Waals surface area contributed by atoms with Gasteiger partial charge in [0.1, 0.15) is 0 Å². The lowest BCUT2D eigenvalue weighted by Gasteiger charge is -2.25. The molecule has 61 heavy (non-hydrogen) atoms. The number of hydrogen-bond donors (Lipinski definition) is 0. The van der Waals surface area contributed by atoms with Crippen LogP contribution >= 0.6 is 0 Å². The second kappa shape index (κ2) is 14.0. The van der Waals surface area contributed by atoms with E-state index in [0.29, 0.717) is 11.1 Å². The summed E-state index contributed by atoms with van der Waals surface area (Å²) in [4.78, 5) is 0. The zero-order valence-electron chi connectivity index (χ0n) is 33.8. The van der Waals surface area contributed by atoms with Crippen molar-refractivity contribution in [3.8, 4) is 79.4 Å². The van der Waals surface area contributed by atoms with Crippen LogP contribution in [0, 0.1) is 22.7 Å². The largest absolute Gasteiger partial charge is 0.309 e. The predicted octanol–water partition coefficient (Wildman–Crippen LogP) is 14.3. The number of rotatable bonds is 6. The molecule has 0 saturated carbocycles. The molecule has 0 aliphatic heterocycles. The van der Waals surface area contributed by atoms with E-state index in [1.165, 1.54) is 44.2 Å². The average Bonchev–Trinajstić information content (AvgIpc) is 3.93. The molecule has 0 spiro atoms. The summed E-state index contributed by atoms with van der Waals surface area (Å²) in [6.45, 7) is 4.81. The van der Waals surface area contributed by atoms with Gasteiger partial charge in [-0.1, -0.05) is 147 Å². The van der Waals surface area contributed by atoms with Crippen molar-refractivity contribution >= 4 is 21.8 Å². The summed E-state index contributed by atoms with van der Waals surface area (Å²) < 4.78 is 4.79. The summed E-state index contributed by atoms with van der Waals surface area (Å²) in [7, 11) is 0. The SMILES string of the molecule is CC1(C)c2c(ccc3c2c(-c2ccccc2)c(-c2ccccc2)n3-c2ccc(C#N)cc2)-c2ccc3c(c(-c4ccccc4)c(-c4ccccc4)n3-c3ccc(C#N)cc3)c21. The maximum absolute atomic E-state index is 9.77. The lowest BCUT2D eigenvalue weighted by molar-refractivity contribution is 0.672. The summed E-state index contributed by atoms with van der Waals surface area (Å²) >= 11 is 0. The van der Waals surface area contributed by atoms with Gasteiger partial charge in [-0.2, -0.15) is 10.5 Å². The highest BCUT2D eigenvalue weighted by atomic mass is 15.0. The van der Waals surface area contributed by atoms with Crippen LogP contribution in [-0.4, -0.2) is 9.13 Å². The van der Waals surface area contributed by atoms with Crippen LogP contribution < -0.4 is 0 Å². The lowest BCUT2D eigenvalue weighted by atomic mass is 9.77. The van der Waals surface area contributed by atoms with Crippen molar-refractivity contribution in [2.45, 2.75) is 19.3 Å². The number of benzene rings is 8. The van der Waals surface area contributed by atoms with Gasteiger partial charge >= 0.3 is 0 Å². The van der Waals surface area contributed by atoms with Crippen LogP contribution in [-0.2, 0) is 5.41 Å². The number of hydrogen-bond acceptors (Lipinski definition) is 2. The normalized spacial score (nSPS) is 12.5. The van der Waals surface area contributed by atoms with E-state index in [1.54, 1.807) is 0 Å². The van der Waals surface area contributed by atoms with Gasteiger partial charge in [0, 0.05) is 38.7 Å². The van der Waals surface area contributed by atoms with Crippen LogP contribution in [0.25, 0.3) is 89.1 Å². The molecule has 0 N–H and O–H groups in total. The van der Waals surface area contributed by atoms with Gasteiger partial charge in [-0.15, -0.1) is 0 Å². The summed E-state index contributed by atoms with van der Waals surface area (Å²) in [5, 5.41) is 22.0. The molecule has 286 valence electrons. The van der Waals surface area contributed by atoms with Gasteiger partial charge < -0.3 is 9.13 Å². The Bertz CT molecular complexity index is 3170. The van der Waals surface area contributed by atoms with Crippen molar-refractivity contribution in [2.75, 3.05) is 0 Å². The van der Waals surface area contributed by atoms with Gasteiger partial charge in [0.05, 0.1) is 45.7 Å². The van der Waals surface area contributed by atoms with Crippen molar-refractivity contribution in [3.63, 3.8) is 0 Å². The Hall–Kier alpha value is -8.18. The molecule has 2 heterocycles. The highest BCUT2D eigenvalue weighted by molar-refractivity contribution is 6.16. The van der Waals surface area contributed by atoms with Crippen LogP contribution in [0.15, 0.2) is 194 Å². The van der Waals surface area contributed by atoms with E-state index in [9.17, 15) is 10.5 Å².